The van der Waals surface area contributed by atoms with Crippen molar-refractivity contribution in [1.29, 1.82) is 0 Å². The quantitative estimate of drug-likeness (QED) is 0.206. The molecule has 0 fully saturated rings. The molecule has 0 atom stereocenters. The maximum atomic E-state index is 12.5. The zero-order valence-electron chi connectivity index (χ0n) is 14.6. The van der Waals surface area contributed by atoms with Crippen molar-refractivity contribution in [2.75, 3.05) is 5.75 Å². The molecular formula is C22H14Cl2N2OS. The van der Waals surface area contributed by atoms with Crippen LogP contribution in [-0.2, 0) is 0 Å². The van der Waals surface area contributed by atoms with E-state index in [0.29, 0.717) is 20.8 Å². The molecule has 0 amide bonds. The molecule has 3 aromatic carbocycles. The average molecular weight is 425 g/mol. The molecule has 0 radical (unpaired) electrons. The third kappa shape index (κ3) is 4.04. The number of benzene rings is 3. The minimum Gasteiger partial charge on any atom is -0.293 e. The second-order valence-corrected chi connectivity index (χ2v) is 7.84. The number of hydrogen-bond acceptors (Lipinski definition) is 4. The van der Waals surface area contributed by atoms with Crippen molar-refractivity contribution in [2.24, 2.45) is 0 Å². The van der Waals surface area contributed by atoms with Gasteiger partial charge in [-0.3, -0.25) is 4.79 Å². The molecular weight excluding hydrogens is 411 g/mol. The summed E-state index contributed by atoms with van der Waals surface area (Å²) >= 11 is 13.2. The molecule has 0 spiro atoms. The van der Waals surface area contributed by atoms with Gasteiger partial charge in [0.2, 0.25) is 0 Å². The molecule has 1 heterocycles. The lowest BCUT2D eigenvalue weighted by Gasteiger charge is -2.09. The van der Waals surface area contributed by atoms with Crippen LogP contribution in [0.2, 0.25) is 10.0 Å². The molecule has 28 heavy (non-hydrogen) atoms. The Labute approximate surface area is 176 Å². The van der Waals surface area contributed by atoms with Crippen LogP contribution >= 0.6 is 35.0 Å². The Hall–Kier alpha value is -2.40. The maximum Gasteiger partial charge on any atom is 0.189 e. The summed E-state index contributed by atoms with van der Waals surface area (Å²) in [5.41, 5.74) is 3.24. The van der Waals surface area contributed by atoms with Crippen molar-refractivity contribution in [1.82, 2.24) is 9.97 Å². The summed E-state index contributed by atoms with van der Waals surface area (Å²) < 4.78 is 0. The Morgan fingerprint density at radius 3 is 2.39 bits per heavy atom. The number of nitrogens with zero attached hydrogens (tertiary/aromatic N) is 2. The fourth-order valence-electron chi connectivity index (χ4n) is 2.82. The van der Waals surface area contributed by atoms with Crippen molar-refractivity contribution < 1.29 is 4.79 Å². The Kier molecular flexibility index (Phi) is 5.62. The molecule has 0 aliphatic rings. The van der Waals surface area contributed by atoms with E-state index >= 15 is 0 Å². The van der Waals surface area contributed by atoms with Gasteiger partial charge in [0, 0.05) is 16.5 Å². The Morgan fingerprint density at radius 2 is 1.61 bits per heavy atom. The smallest absolute Gasteiger partial charge is 0.189 e. The molecule has 0 aliphatic carbocycles. The normalized spacial score (nSPS) is 10.9. The predicted octanol–water partition coefficient (Wildman–Crippen LogP) is 6.58. The molecule has 0 N–H and O–H groups in total. The van der Waals surface area contributed by atoms with E-state index in [1.54, 1.807) is 18.2 Å². The molecule has 0 aliphatic heterocycles. The maximum absolute atomic E-state index is 12.5. The van der Waals surface area contributed by atoms with Crippen LogP contribution in [-0.4, -0.2) is 21.5 Å². The monoisotopic (exact) mass is 424 g/mol. The highest BCUT2D eigenvalue weighted by atomic mass is 35.5. The number of hydrogen-bond donors (Lipinski definition) is 0. The van der Waals surface area contributed by atoms with Crippen LogP contribution in [0.25, 0.3) is 22.2 Å². The molecule has 0 unspecified atom stereocenters. The number of fused-ring (bicyclic) bond motifs is 1. The van der Waals surface area contributed by atoms with Crippen molar-refractivity contribution >= 4 is 51.6 Å². The van der Waals surface area contributed by atoms with Crippen LogP contribution in [0.5, 0.6) is 0 Å². The number of carbonyl (C=O) groups is 1. The molecule has 4 rings (SSSR count). The summed E-state index contributed by atoms with van der Waals surface area (Å²) in [5.74, 6) is 0.159. The first-order chi connectivity index (χ1) is 13.6. The topological polar surface area (TPSA) is 42.9 Å². The largest absolute Gasteiger partial charge is 0.293 e. The van der Waals surface area contributed by atoms with Crippen LogP contribution in [0.1, 0.15) is 10.4 Å². The number of para-hydroxylation sites is 1. The van der Waals surface area contributed by atoms with E-state index in [1.807, 2.05) is 54.6 Å². The van der Waals surface area contributed by atoms with Gasteiger partial charge in [0.05, 0.1) is 27.0 Å². The summed E-state index contributed by atoms with van der Waals surface area (Å²) in [6, 6.07) is 22.7. The highest BCUT2D eigenvalue weighted by molar-refractivity contribution is 7.99. The van der Waals surface area contributed by atoms with Crippen LogP contribution in [0, 0.1) is 0 Å². The third-order valence-corrected chi connectivity index (χ3v) is 5.79. The Balaban J connectivity index is 1.64. The molecule has 138 valence electrons. The van der Waals surface area contributed by atoms with Crippen LogP contribution < -0.4 is 0 Å². The second-order valence-electron chi connectivity index (χ2n) is 6.08. The lowest BCUT2D eigenvalue weighted by molar-refractivity contribution is 0.102. The van der Waals surface area contributed by atoms with Crippen LogP contribution in [0.3, 0.4) is 0 Å². The van der Waals surface area contributed by atoms with Gasteiger partial charge in [0.15, 0.2) is 10.9 Å². The minimum atomic E-state index is -0.0541. The molecule has 1 aromatic heterocycles. The summed E-state index contributed by atoms with van der Waals surface area (Å²) in [6.45, 7) is 0. The van der Waals surface area contributed by atoms with Crippen molar-refractivity contribution in [2.45, 2.75) is 5.16 Å². The highest BCUT2D eigenvalue weighted by Gasteiger charge is 2.13. The van der Waals surface area contributed by atoms with E-state index < -0.39 is 0 Å². The summed E-state index contributed by atoms with van der Waals surface area (Å²) in [4.78, 5) is 21.9. The fourth-order valence-corrected chi connectivity index (χ4v) is 3.86. The van der Waals surface area contributed by atoms with Crippen molar-refractivity contribution in [3.8, 4) is 11.3 Å². The van der Waals surface area contributed by atoms with Gasteiger partial charge in [-0.15, -0.1) is 0 Å². The van der Waals surface area contributed by atoms with Gasteiger partial charge in [-0.1, -0.05) is 83.5 Å². The van der Waals surface area contributed by atoms with Gasteiger partial charge in [-0.2, -0.15) is 0 Å². The number of aromatic nitrogens is 2. The first-order valence-electron chi connectivity index (χ1n) is 8.55. The van der Waals surface area contributed by atoms with E-state index in [1.165, 1.54) is 11.8 Å². The standard InChI is InChI=1S/C22H14Cl2N2OS/c23-17-11-10-15(12-18(17)24)20(27)13-28-22-25-19-9-5-4-8-16(19)21(26-22)14-6-2-1-3-7-14/h1-12H,13H2. The fraction of sp³-hybridized carbons (Fsp3) is 0.0455. The number of halogens is 2. The van der Waals surface area contributed by atoms with E-state index in [4.69, 9.17) is 28.2 Å². The lowest BCUT2D eigenvalue weighted by atomic mass is 10.1. The summed E-state index contributed by atoms with van der Waals surface area (Å²) in [6.07, 6.45) is 0. The van der Waals surface area contributed by atoms with Crippen LogP contribution in [0.15, 0.2) is 78.0 Å². The summed E-state index contributed by atoms with van der Waals surface area (Å²) in [7, 11) is 0. The molecule has 3 nitrogen and oxygen atoms in total. The molecule has 0 saturated heterocycles. The highest BCUT2D eigenvalue weighted by Crippen LogP contribution is 2.29. The van der Waals surface area contributed by atoms with Gasteiger partial charge in [-0.05, 0) is 24.3 Å². The third-order valence-electron chi connectivity index (χ3n) is 4.20. The first-order valence-corrected chi connectivity index (χ1v) is 10.3. The SMILES string of the molecule is O=C(CSc1nc(-c2ccccc2)c2ccccc2n1)c1ccc(Cl)c(Cl)c1. The zero-order chi connectivity index (χ0) is 19.5. The number of thioether (sulfide) groups is 1. The van der Waals surface area contributed by atoms with Gasteiger partial charge < -0.3 is 0 Å². The van der Waals surface area contributed by atoms with Gasteiger partial charge in [-0.25, -0.2) is 9.97 Å². The van der Waals surface area contributed by atoms with Gasteiger partial charge in [0.1, 0.15) is 0 Å². The lowest BCUT2D eigenvalue weighted by Crippen LogP contribution is -2.03. The van der Waals surface area contributed by atoms with E-state index in [-0.39, 0.29) is 11.5 Å². The summed E-state index contributed by atoms with van der Waals surface area (Å²) in [5, 5.41) is 2.34. The zero-order valence-corrected chi connectivity index (χ0v) is 16.9. The van der Waals surface area contributed by atoms with E-state index in [2.05, 4.69) is 4.98 Å². The van der Waals surface area contributed by atoms with Crippen LogP contribution in [0.4, 0.5) is 0 Å². The number of Topliss-reactive ketones (excluding diaryl/α,β-unsaturated/α-hetero) is 1. The second kappa shape index (κ2) is 8.31. The van der Waals surface area contributed by atoms with Crippen molar-refractivity contribution in [3.63, 3.8) is 0 Å². The molecule has 4 aromatic rings. The number of carbonyl (C=O) groups excluding carboxylic acids is 1. The van der Waals surface area contributed by atoms with Gasteiger partial charge in [0.25, 0.3) is 0 Å². The van der Waals surface area contributed by atoms with E-state index in [9.17, 15) is 4.79 Å². The first kappa shape index (κ1) is 18.9. The average Bonchev–Trinajstić information content (AvgIpc) is 2.74. The van der Waals surface area contributed by atoms with E-state index in [0.717, 1.165) is 22.2 Å². The van der Waals surface area contributed by atoms with Gasteiger partial charge >= 0.3 is 0 Å². The Morgan fingerprint density at radius 1 is 0.857 bits per heavy atom. The number of rotatable bonds is 5. The molecule has 0 saturated carbocycles. The molecule has 0 bridgehead atoms. The minimum absolute atomic E-state index is 0.0541. The Bertz CT molecular complexity index is 1170. The number of ketones is 1. The molecule has 6 heteroatoms. The predicted molar refractivity (Wildman–Crippen MR) is 116 cm³/mol. The van der Waals surface area contributed by atoms with Crippen molar-refractivity contribution in [3.05, 3.63) is 88.4 Å².